The quantitative estimate of drug-likeness (QED) is 0.184. The predicted molar refractivity (Wildman–Crippen MR) is 34.1 cm³/mol. The van der Waals surface area contributed by atoms with Gasteiger partial charge in [-0.3, -0.25) is 0 Å². The summed E-state index contributed by atoms with van der Waals surface area (Å²) in [5.41, 5.74) is 0. The third kappa shape index (κ3) is 5.27. The molecule has 0 saturated carbocycles. The van der Waals surface area contributed by atoms with Crippen LogP contribution in [0.15, 0.2) is 12.7 Å². The first-order valence-corrected chi connectivity index (χ1v) is 2.76. The smallest absolute Gasteiger partial charge is 0.330 e. The van der Waals surface area contributed by atoms with Crippen molar-refractivity contribution in [2.75, 3.05) is 20.3 Å². The van der Waals surface area contributed by atoms with Gasteiger partial charge in [-0.25, -0.2) is 14.6 Å². The highest BCUT2D eigenvalue weighted by molar-refractivity contribution is 5.81. The minimum absolute atomic E-state index is 0.179. The molecule has 0 bridgehead atoms. The minimum atomic E-state index is -0.459. The molecule has 0 aliphatic rings. The number of hydrogen-bond donors (Lipinski definition) is 0. The molecule has 0 amide bonds. The van der Waals surface area contributed by atoms with Crippen LogP contribution in [-0.4, -0.2) is 26.3 Å². The Kier molecular flexibility index (Phi) is 5.71. The third-order valence-corrected chi connectivity index (χ3v) is 0.696. The molecule has 0 unspecified atom stereocenters. The Hall–Kier alpha value is -0.870. The van der Waals surface area contributed by atoms with E-state index in [1.807, 2.05) is 0 Å². The Morgan fingerprint density at radius 3 is 2.80 bits per heavy atom. The minimum Gasteiger partial charge on any atom is -0.460 e. The van der Waals surface area contributed by atoms with Crippen LogP contribution in [0.5, 0.6) is 0 Å². The SMILES string of the molecule is C=CC(=O)OCCOOC. The van der Waals surface area contributed by atoms with Gasteiger partial charge < -0.3 is 4.74 Å². The zero-order chi connectivity index (χ0) is 7.82. The van der Waals surface area contributed by atoms with Gasteiger partial charge in [-0.15, -0.1) is 0 Å². The molecule has 0 atom stereocenters. The zero-order valence-electron chi connectivity index (χ0n) is 5.83. The molecule has 0 saturated heterocycles. The van der Waals surface area contributed by atoms with Gasteiger partial charge in [0.25, 0.3) is 0 Å². The summed E-state index contributed by atoms with van der Waals surface area (Å²) < 4.78 is 4.53. The van der Waals surface area contributed by atoms with Crippen LogP contribution in [0.4, 0.5) is 0 Å². The Bertz CT molecular complexity index is 110. The zero-order valence-corrected chi connectivity index (χ0v) is 5.83. The molecule has 0 aromatic carbocycles. The number of esters is 1. The number of ether oxygens (including phenoxy) is 1. The van der Waals surface area contributed by atoms with E-state index in [1.54, 1.807) is 0 Å². The summed E-state index contributed by atoms with van der Waals surface area (Å²) in [5, 5.41) is 0. The predicted octanol–water partition coefficient (Wildman–Crippen LogP) is 0.294. The molecule has 0 spiro atoms. The van der Waals surface area contributed by atoms with Crippen LogP contribution in [0.1, 0.15) is 0 Å². The largest absolute Gasteiger partial charge is 0.460 e. The molecule has 0 fully saturated rings. The molecule has 4 nitrogen and oxygen atoms in total. The molecule has 0 aromatic rings. The van der Waals surface area contributed by atoms with Crippen molar-refractivity contribution in [1.82, 2.24) is 0 Å². The van der Waals surface area contributed by atoms with Gasteiger partial charge in [0.15, 0.2) is 0 Å². The van der Waals surface area contributed by atoms with Crippen LogP contribution in [0.3, 0.4) is 0 Å². The Morgan fingerprint density at radius 1 is 1.60 bits per heavy atom. The first-order chi connectivity index (χ1) is 4.81. The Labute approximate surface area is 59.3 Å². The van der Waals surface area contributed by atoms with Crippen molar-refractivity contribution in [1.29, 1.82) is 0 Å². The van der Waals surface area contributed by atoms with E-state index in [1.165, 1.54) is 7.11 Å². The summed E-state index contributed by atoms with van der Waals surface area (Å²) >= 11 is 0. The molecule has 0 heterocycles. The molecule has 0 aromatic heterocycles. The van der Waals surface area contributed by atoms with Crippen molar-refractivity contribution in [2.24, 2.45) is 0 Å². The summed E-state index contributed by atoms with van der Waals surface area (Å²) in [6.45, 7) is 3.62. The van der Waals surface area contributed by atoms with Crippen LogP contribution in [0.25, 0.3) is 0 Å². The van der Waals surface area contributed by atoms with E-state index in [2.05, 4.69) is 21.1 Å². The lowest BCUT2D eigenvalue weighted by atomic mass is 10.6. The second-order valence-electron chi connectivity index (χ2n) is 1.36. The van der Waals surface area contributed by atoms with Gasteiger partial charge in [-0.1, -0.05) is 6.58 Å². The summed E-state index contributed by atoms with van der Waals surface area (Å²) in [7, 11) is 1.38. The molecule has 0 aliphatic heterocycles. The third-order valence-electron chi connectivity index (χ3n) is 0.696. The van der Waals surface area contributed by atoms with Crippen molar-refractivity contribution >= 4 is 5.97 Å². The van der Waals surface area contributed by atoms with Crippen LogP contribution in [0, 0.1) is 0 Å². The standard InChI is InChI=1S/C6H10O4/c1-3-6(7)9-4-5-10-8-2/h3H,1,4-5H2,2H3. The molecule has 0 radical (unpaired) electrons. The highest BCUT2D eigenvalue weighted by Crippen LogP contribution is 1.80. The first-order valence-electron chi connectivity index (χ1n) is 2.76. The van der Waals surface area contributed by atoms with Gasteiger partial charge in [0.2, 0.25) is 0 Å². The van der Waals surface area contributed by atoms with E-state index in [-0.39, 0.29) is 13.2 Å². The van der Waals surface area contributed by atoms with Crippen LogP contribution in [-0.2, 0) is 19.3 Å². The molecule has 10 heavy (non-hydrogen) atoms. The van der Waals surface area contributed by atoms with Crippen molar-refractivity contribution in [2.45, 2.75) is 0 Å². The van der Waals surface area contributed by atoms with Gasteiger partial charge in [0, 0.05) is 6.08 Å². The summed E-state index contributed by atoms with van der Waals surface area (Å²) in [4.78, 5) is 19.0. The van der Waals surface area contributed by atoms with E-state index in [4.69, 9.17) is 0 Å². The highest BCUT2D eigenvalue weighted by atomic mass is 17.2. The number of rotatable bonds is 5. The lowest BCUT2D eigenvalue weighted by molar-refractivity contribution is -0.276. The van der Waals surface area contributed by atoms with Gasteiger partial charge in [-0.2, -0.15) is 0 Å². The Balaban J connectivity index is 3.03. The molecular weight excluding hydrogens is 136 g/mol. The lowest BCUT2D eigenvalue weighted by Crippen LogP contribution is -2.07. The van der Waals surface area contributed by atoms with Crippen molar-refractivity contribution in [3.63, 3.8) is 0 Å². The second kappa shape index (κ2) is 6.25. The fraction of sp³-hybridized carbons (Fsp3) is 0.500. The second-order valence-corrected chi connectivity index (χ2v) is 1.36. The maximum Gasteiger partial charge on any atom is 0.330 e. The van der Waals surface area contributed by atoms with Gasteiger partial charge in [0.1, 0.15) is 13.2 Å². The van der Waals surface area contributed by atoms with E-state index < -0.39 is 5.97 Å². The van der Waals surface area contributed by atoms with Crippen molar-refractivity contribution in [3.05, 3.63) is 12.7 Å². The number of carbonyl (C=O) groups excluding carboxylic acids is 1. The molecule has 0 N–H and O–H groups in total. The van der Waals surface area contributed by atoms with E-state index in [9.17, 15) is 4.79 Å². The van der Waals surface area contributed by atoms with Gasteiger partial charge in [0.05, 0.1) is 7.11 Å². The van der Waals surface area contributed by atoms with Gasteiger partial charge >= 0.3 is 5.97 Å². The van der Waals surface area contributed by atoms with Gasteiger partial charge in [-0.05, 0) is 0 Å². The van der Waals surface area contributed by atoms with Crippen LogP contribution >= 0.6 is 0 Å². The maximum absolute atomic E-state index is 10.3. The van der Waals surface area contributed by atoms with Crippen molar-refractivity contribution < 1.29 is 19.3 Å². The van der Waals surface area contributed by atoms with Crippen molar-refractivity contribution in [3.8, 4) is 0 Å². The van der Waals surface area contributed by atoms with E-state index >= 15 is 0 Å². The fourth-order valence-corrected chi connectivity index (χ4v) is 0.319. The average Bonchev–Trinajstić information content (AvgIpc) is 1.98. The molecule has 0 aliphatic carbocycles. The van der Waals surface area contributed by atoms with E-state index in [0.717, 1.165) is 6.08 Å². The van der Waals surface area contributed by atoms with E-state index in [0.29, 0.717) is 0 Å². The average molecular weight is 146 g/mol. The fourth-order valence-electron chi connectivity index (χ4n) is 0.319. The highest BCUT2D eigenvalue weighted by Gasteiger charge is 1.93. The lowest BCUT2D eigenvalue weighted by Gasteiger charge is -1.99. The number of hydrogen-bond acceptors (Lipinski definition) is 4. The monoisotopic (exact) mass is 146 g/mol. The summed E-state index contributed by atoms with van der Waals surface area (Å²) in [6, 6.07) is 0. The molecule has 58 valence electrons. The summed E-state index contributed by atoms with van der Waals surface area (Å²) in [5.74, 6) is -0.459. The Morgan fingerprint density at radius 2 is 2.30 bits per heavy atom. The first kappa shape index (κ1) is 9.13. The molecular formula is C6H10O4. The molecule has 4 heteroatoms. The topological polar surface area (TPSA) is 44.8 Å². The van der Waals surface area contributed by atoms with Crippen LogP contribution in [0.2, 0.25) is 0 Å². The normalized spacial score (nSPS) is 8.90. The summed E-state index contributed by atoms with van der Waals surface area (Å²) in [6.07, 6.45) is 1.09. The number of carbonyl (C=O) groups is 1. The molecule has 0 rings (SSSR count). The van der Waals surface area contributed by atoms with Crippen LogP contribution < -0.4 is 0 Å². The maximum atomic E-state index is 10.3.